The Kier molecular flexibility index (Phi) is 6.08. The number of aromatic nitrogens is 1. The third kappa shape index (κ3) is 3.98. The van der Waals surface area contributed by atoms with Crippen LogP contribution in [-0.4, -0.2) is 6.85 Å². The molecule has 2 heterocycles. The van der Waals surface area contributed by atoms with Gasteiger partial charge in [0.05, 0.1) is 12.7 Å². The third-order valence-corrected chi connectivity index (χ3v) is 8.32. The number of para-hydroxylation sites is 1. The van der Waals surface area contributed by atoms with Gasteiger partial charge in [-0.1, -0.05) is 95.3 Å². The van der Waals surface area contributed by atoms with Crippen molar-refractivity contribution in [2.75, 3.05) is 4.81 Å². The fraction of sp³-hybridized carbons (Fsp3) is 0.452. The zero-order chi connectivity index (χ0) is 24.0. The molecule has 1 fully saturated rings. The van der Waals surface area contributed by atoms with Crippen molar-refractivity contribution in [3.8, 4) is 0 Å². The van der Waals surface area contributed by atoms with Crippen LogP contribution in [0.3, 0.4) is 0 Å². The molecule has 2 aliphatic rings. The number of fused-ring (bicyclic) bond motifs is 2. The van der Waals surface area contributed by atoms with Crippen molar-refractivity contribution < 1.29 is 4.57 Å². The summed E-state index contributed by atoms with van der Waals surface area (Å²) in [6.07, 6.45) is 8.16. The summed E-state index contributed by atoms with van der Waals surface area (Å²) in [6.45, 7) is 12.1. The van der Waals surface area contributed by atoms with Gasteiger partial charge in [-0.2, -0.15) is 0 Å². The molecule has 0 spiro atoms. The van der Waals surface area contributed by atoms with Crippen LogP contribution in [0.4, 0.5) is 5.82 Å². The molecule has 0 bridgehead atoms. The van der Waals surface area contributed by atoms with Crippen LogP contribution in [0.25, 0.3) is 22.1 Å². The van der Waals surface area contributed by atoms with E-state index in [9.17, 15) is 0 Å². The smallest absolute Gasteiger partial charge is 0.290 e. The van der Waals surface area contributed by atoms with E-state index in [0.29, 0.717) is 6.85 Å². The monoisotopic (exact) mass is 451 g/mol. The minimum atomic E-state index is 0.0921. The van der Waals surface area contributed by atoms with E-state index in [0.717, 1.165) is 5.92 Å². The molecule has 3 aromatic rings. The molecule has 0 radical (unpaired) electrons. The van der Waals surface area contributed by atoms with Crippen molar-refractivity contribution in [1.29, 1.82) is 0 Å². The molecule has 0 N–H and O–H groups in total. The van der Waals surface area contributed by atoms with Crippen molar-refractivity contribution in [3.05, 3.63) is 70.6 Å². The van der Waals surface area contributed by atoms with E-state index in [1.165, 1.54) is 82.4 Å². The predicted octanol–water partition coefficient (Wildman–Crippen LogP) is 5.79. The minimum Gasteiger partial charge on any atom is -0.290 e. The number of anilines is 1. The van der Waals surface area contributed by atoms with Gasteiger partial charge in [0, 0.05) is 16.7 Å². The number of hydrogen-bond acceptors (Lipinski definition) is 1. The lowest BCUT2D eigenvalue weighted by Gasteiger charge is -2.34. The van der Waals surface area contributed by atoms with Gasteiger partial charge in [-0.15, -0.1) is 0 Å². The largest absolute Gasteiger partial charge is 0.406 e. The highest BCUT2D eigenvalue weighted by atomic mass is 15.2. The van der Waals surface area contributed by atoms with Crippen LogP contribution in [0, 0.1) is 11.3 Å². The van der Waals surface area contributed by atoms with Gasteiger partial charge in [-0.05, 0) is 53.8 Å². The van der Waals surface area contributed by atoms with Gasteiger partial charge in [-0.25, -0.2) is 4.57 Å². The Bertz CT molecular complexity index is 1340. The second kappa shape index (κ2) is 8.91. The lowest BCUT2D eigenvalue weighted by Crippen LogP contribution is -2.55. The van der Waals surface area contributed by atoms with Crippen molar-refractivity contribution in [3.63, 3.8) is 0 Å². The van der Waals surface area contributed by atoms with Crippen LogP contribution in [0.2, 0.25) is 6.82 Å². The first kappa shape index (κ1) is 23.2. The summed E-state index contributed by atoms with van der Waals surface area (Å²) in [5.41, 5.74) is 5.82. The molecule has 1 aliphatic heterocycles. The van der Waals surface area contributed by atoms with Crippen molar-refractivity contribution >= 4 is 34.7 Å². The molecule has 1 aromatic heterocycles. The van der Waals surface area contributed by atoms with Crippen LogP contribution < -0.4 is 19.8 Å². The molecule has 0 unspecified atom stereocenters. The molecule has 0 saturated heterocycles. The van der Waals surface area contributed by atoms with Crippen LogP contribution >= 0.6 is 0 Å². The van der Waals surface area contributed by atoms with Gasteiger partial charge >= 0.3 is 6.85 Å². The molecule has 34 heavy (non-hydrogen) atoms. The van der Waals surface area contributed by atoms with Gasteiger partial charge in [0.15, 0.2) is 0 Å². The van der Waals surface area contributed by atoms with Crippen molar-refractivity contribution in [2.45, 2.75) is 73.0 Å². The number of hydrogen-bond donors (Lipinski definition) is 0. The summed E-state index contributed by atoms with van der Waals surface area (Å²) in [6, 6.07) is 20.5. The van der Waals surface area contributed by atoms with E-state index in [-0.39, 0.29) is 5.41 Å². The standard InChI is InChI=1S/C31H40BN2/c1-22-25-16-10-11-18-27(25)30(31(2,3)4)32(5)34(22)29-21-24(20-23-14-8-7-9-15-23)26-17-12-13-19-28(26)33(29)6/h10-13,16-19,21,23H,7-9,14-15,20H2,1-6H3/q+1. The lowest BCUT2D eigenvalue weighted by molar-refractivity contribution is -0.631. The van der Waals surface area contributed by atoms with E-state index >= 15 is 0 Å². The maximum atomic E-state index is 2.61. The first-order chi connectivity index (χ1) is 16.3. The molecular weight excluding hydrogens is 411 g/mol. The molecule has 1 saturated carbocycles. The third-order valence-electron chi connectivity index (χ3n) is 8.32. The molecule has 1 aliphatic carbocycles. The fourth-order valence-corrected chi connectivity index (χ4v) is 6.80. The van der Waals surface area contributed by atoms with Crippen LogP contribution in [0.15, 0.2) is 54.6 Å². The summed E-state index contributed by atoms with van der Waals surface area (Å²) < 4.78 is 2.42. The number of aryl methyl sites for hydroxylation is 1. The molecule has 0 amide bonds. The SMILES string of the molecule is CB1C(C(C)(C)C)=c2ccccc2=C(C)N1c1cc(CC2CCCCC2)c2ccccc2[n+]1C. The molecular formula is C31H40BN2+. The predicted molar refractivity (Wildman–Crippen MR) is 147 cm³/mol. The maximum Gasteiger partial charge on any atom is 0.406 e. The highest BCUT2D eigenvalue weighted by molar-refractivity contribution is 6.81. The quantitative estimate of drug-likeness (QED) is 0.361. The normalized spacial score (nSPS) is 17.5. The van der Waals surface area contributed by atoms with Gasteiger partial charge in [0.25, 0.3) is 5.82 Å². The Morgan fingerprint density at radius 1 is 0.941 bits per heavy atom. The zero-order valence-corrected chi connectivity index (χ0v) is 22.0. The topological polar surface area (TPSA) is 7.12 Å². The number of nitrogens with zero attached hydrogens (tertiary/aromatic N) is 2. The van der Waals surface area contributed by atoms with Crippen LogP contribution in [-0.2, 0) is 13.5 Å². The first-order valence-electron chi connectivity index (χ1n) is 13.3. The van der Waals surface area contributed by atoms with E-state index in [1.807, 2.05) is 0 Å². The average molecular weight is 451 g/mol. The van der Waals surface area contributed by atoms with Gasteiger partial charge in [0.2, 0.25) is 0 Å². The van der Waals surface area contributed by atoms with Gasteiger partial charge in [-0.3, -0.25) is 4.81 Å². The molecule has 2 aromatic carbocycles. The summed E-state index contributed by atoms with van der Waals surface area (Å²) in [5.74, 6) is 2.13. The van der Waals surface area contributed by atoms with Crippen LogP contribution in [0.5, 0.6) is 0 Å². The Morgan fingerprint density at radius 3 is 2.29 bits per heavy atom. The second-order valence-electron chi connectivity index (χ2n) is 11.7. The molecule has 0 atom stereocenters. The Hall–Kier alpha value is -2.55. The number of rotatable bonds is 3. The summed E-state index contributed by atoms with van der Waals surface area (Å²) in [4.78, 5) is 2.61. The fourth-order valence-electron chi connectivity index (χ4n) is 6.80. The molecule has 5 rings (SSSR count). The molecule has 2 nitrogen and oxygen atoms in total. The summed E-state index contributed by atoms with van der Waals surface area (Å²) in [7, 11) is 2.25. The van der Waals surface area contributed by atoms with Crippen LogP contribution in [0.1, 0.15) is 65.4 Å². The average Bonchev–Trinajstić information content (AvgIpc) is 2.82. The Morgan fingerprint density at radius 2 is 1.59 bits per heavy atom. The Labute approximate surface area is 206 Å². The highest BCUT2D eigenvalue weighted by Gasteiger charge is 2.42. The molecule has 3 heteroatoms. The Balaban J connectivity index is 1.73. The molecule has 176 valence electrons. The highest BCUT2D eigenvalue weighted by Crippen LogP contribution is 2.35. The van der Waals surface area contributed by atoms with Crippen molar-refractivity contribution in [1.82, 2.24) is 0 Å². The van der Waals surface area contributed by atoms with Crippen molar-refractivity contribution in [2.24, 2.45) is 18.4 Å². The first-order valence-corrected chi connectivity index (χ1v) is 13.3. The van der Waals surface area contributed by atoms with Gasteiger partial charge < -0.3 is 0 Å². The van der Waals surface area contributed by atoms with E-state index < -0.39 is 0 Å². The van der Waals surface area contributed by atoms with Gasteiger partial charge in [0.1, 0.15) is 5.52 Å². The summed E-state index contributed by atoms with van der Waals surface area (Å²) in [5, 5.41) is 4.21. The van der Waals surface area contributed by atoms with E-state index in [4.69, 9.17) is 0 Å². The zero-order valence-electron chi connectivity index (χ0n) is 22.0. The lowest BCUT2D eigenvalue weighted by atomic mass is 9.47. The summed E-state index contributed by atoms with van der Waals surface area (Å²) >= 11 is 0. The second-order valence-corrected chi connectivity index (χ2v) is 11.7. The maximum absolute atomic E-state index is 2.61. The number of pyridine rings is 1. The minimum absolute atomic E-state index is 0.0921. The van der Waals surface area contributed by atoms with E-state index in [2.05, 4.69) is 106 Å². The number of benzene rings is 2. The van der Waals surface area contributed by atoms with E-state index in [1.54, 1.807) is 0 Å².